The molecule has 0 atom stereocenters. The van der Waals surface area contributed by atoms with Gasteiger partial charge in [-0.15, -0.1) is 0 Å². The van der Waals surface area contributed by atoms with Crippen LogP contribution in [-0.4, -0.2) is 20.8 Å². The van der Waals surface area contributed by atoms with Crippen molar-refractivity contribution in [2.24, 2.45) is 0 Å². The predicted molar refractivity (Wildman–Crippen MR) is 135 cm³/mol. The summed E-state index contributed by atoms with van der Waals surface area (Å²) in [6, 6.07) is 28.0. The smallest absolute Gasteiger partial charge is 0.385 e. The van der Waals surface area contributed by atoms with Crippen molar-refractivity contribution in [2.45, 2.75) is 39.9 Å². The van der Waals surface area contributed by atoms with Gasteiger partial charge in [0.2, 0.25) is 0 Å². The topological polar surface area (TPSA) is 18.5 Å². The van der Waals surface area contributed by atoms with Crippen molar-refractivity contribution in [3.8, 4) is 0 Å². The Kier molecular flexibility index (Phi) is 6.10. The van der Waals surface area contributed by atoms with Crippen LogP contribution in [0.25, 0.3) is 27.6 Å². The first-order valence-corrected chi connectivity index (χ1v) is 12.8. The molecule has 0 radical (unpaired) electrons. The number of hydrogen-bond donors (Lipinski definition) is 0. The molecule has 2 nitrogen and oxygen atoms in total. The molecule has 0 unspecified atom stereocenters. The summed E-state index contributed by atoms with van der Waals surface area (Å²) >= 11 is 0. The highest BCUT2D eigenvalue weighted by Gasteiger charge is 2.46. The van der Waals surface area contributed by atoms with Crippen LogP contribution >= 0.6 is 0 Å². The minimum atomic E-state index is -3.03. The third-order valence-corrected chi connectivity index (χ3v) is 9.28. The largest absolute Gasteiger partial charge is 0.408 e. The molecular weight excluding hydrogens is 396 g/mol. The average Bonchev–Trinajstić information content (AvgIpc) is 2.77. The molecule has 0 spiro atoms. The summed E-state index contributed by atoms with van der Waals surface area (Å²) in [5, 5.41) is 7.16. The van der Waals surface area contributed by atoms with E-state index in [-0.39, 0.29) is 12.2 Å². The minimum absolute atomic E-state index is 0.0229. The number of rotatable bonds is 7. The monoisotopic (exact) mass is 426 g/mol. The van der Waals surface area contributed by atoms with Gasteiger partial charge in [0.25, 0.3) is 0 Å². The lowest BCUT2D eigenvalue weighted by molar-refractivity contribution is 0.125. The van der Waals surface area contributed by atoms with Crippen LogP contribution in [0.1, 0.15) is 33.3 Å². The van der Waals surface area contributed by atoms with Crippen LogP contribution in [0.4, 0.5) is 0 Å². The van der Waals surface area contributed by atoms with Crippen molar-refractivity contribution < 1.29 is 8.85 Å². The van der Waals surface area contributed by atoms with Gasteiger partial charge < -0.3 is 8.85 Å². The van der Waals surface area contributed by atoms with E-state index in [4.69, 9.17) is 8.85 Å². The molecule has 0 amide bonds. The normalized spacial score (nSPS) is 12.2. The second-order valence-electron chi connectivity index (χ2n) is 8.47. The summed E-state index contributed by atoms with van der Waals surface area (Å²) in [6.07, 6.45) is 1.91. The molecule has 4 rings (SSSR count). The fourth-order valence-electron chi connectivity index (χ4n) is 4.28. The standard InChI is InChI=1S/C28H30O2Si/c1-6-22-15-17-24(18-16-22)31(29-20(2)3,30-21(4)5)28-19-23-11-7-8-12-25(23)26-13-9-10-14-27(26)28/h6-21H,1H2,2-5H3. The van der Waals surface area contributed by atoms with Gasteiger partial charge in [-0.2, -0.15) is 0 Å². The first kappa shape index (κ1) is 21.5. The minimum Gasteiger partial charge on any atom is -0.385 e. The number of hydrogen-bond acceptors (Lipinski definition) is 2. The maximum atomic E-state index is 6.84. The second-order valence-corrected chi connectivity index (χ2v) is 11.3. The zero-order chi connectivity index (χ0) is 22.0. The van der Waals surface area contributed by atoms with E-state index in [9.17, 15) is 0 Å². The van der Waals surface area contributed by atoms with Crippen LogP contribution in [0.2, 0.25) is 0 Å². The lowest BCUT2D eigenvalue weighted by atomic mass is 10.0. The van der Waals surface area contributed by atoms with E-state index in [2.05, 4.69) is 113 Å². The van der Waals surface area contributed by atoms with E-state index in [1.807, 2.05) is 6.08 Å². The van der Waals surface area contributed by atoms with Gasteiger partial charge >= 0.3 is 8.56 Å². The quantitative estimate of drug-likeness (QED) is 0.265. The van der Waals surface area contributed by atoms with Gasteiger partial charge in [0, 0.05) is 17.4 Å². The van der Waals surface area contributed by atoms with E-state index < -0.39 is 8.56 Å². The molecule has 0 saturated carbocycles. The molecule has 158 valence electrons. The molecule has 0 saturated heterocycles. The van der Waals surface area contributed by atoms with Crippen LogP contribution in [0.5, 0.6) is 0 Å². The average molecular weight is 427 g/mol. The van der Waals surface area contributed by atoms with Crippen molar-refractivity contribution in [1.29, 1.82) is 0 Å². The van der Waals surface area contributed by atoms with E-state index in [1.54, 1.807) is 0 Å². The third-order valence-electron chi connectivity index (χ3n) is 5.45. The molecular formula is C28H30O2Si. The second kappa shape index (κ2) is 8.79. The van der Waals surface area contributed by atoms with Gasteiger partial charge in [0.1, 0.15) is 0 Å². The lowest BCUT2D eigenvalue weighted by Crippen LogP contribution is -2.65. The zero-order valence-electron chi connectivity index (χ0n) is 18.8. The SMILES string of the molecule is C=Cc1ccc([Si](OC(C)C)(OC(C)C)c2cc3ccccc3c3ccccc23)cc1. The highest BCUT2D eigenvalue weighted by molar-refractivity contribution is 6.94. The van der Waals surface area contributed by atoms with Gasteiger partial charge in [-0.25, -0.2) is 0 Å². The maximum absolute atomic E-state index is 6.84. The Labute approximate surface area is 186 Å². The predicted octanol–water partition coefficient (Wildman–Crippen LogP) is 6.04. The molecule has 3 heteroatoms. The summed E-state index contributed by atoms with van der Waals surface area (Å²) < 4.78 is 13.7. The van der Waals surface area contributed by atoms with Crippen molar-refractivity contribution in [3.05, 3.63) is 91.0 Å². The number of benzene rings is 4. The summed E-state index contributed by atoms with van der Waals surface area (Å²) in [5.41, 5.74) is 1.09. The Bertz CT molecular complexity index is 1200. The lowest BCUT2D eigenvalue weighted by Gasteiger charge is -2.36. The Morgan fingerprint density at radius 3 is 1.84 bits per heavy atom. The summed E-state index contributed by atoms with van der Waals surface area (Å²) in [6.45, 7) is 12.3. The summed E-state index contributed by atoms with van der Waals surface area (Å²) in [5.74, 6) is 0. The maximum Gasteiger partial charge on any atom is 0.408 e. The Balaban J connectivity index is 2.11. The molecule has 0 aliphatic heterocycles. The molecule has 0 heterocycles. The molecule has 0 fully saturated rings. The highest BCUT2D eigenvalue weighted by atomic mass is 28.4. The zero-order valence-corrected chi connectivity index (χ0v) is 19.8. The molecule has 4 aromatic rings. The van der Waals surface area contributed by atoms with Gasteiger partial charge in [0.05, 0.1) is 0 Å². The van der Waals surface area contributed by atoms with E-state index >= 15 is 0 Å². The fourth-order valence-corrected chi connectivity index (χ4v) is 8.02. The molecule has 4 aromatic carbocycles. The molecule has 0 aromatic heterocycles. The Morgan fingerprint density at radius 2 is 1.26 bits per heavy atom. The Hall–Kier alpha value is -2.72. The van der Waals surface area contributed by atoms with E-state index in [1.165, 1.54) is 21.5 Å². The van der Waals surface area contributed by atoms with Crippen LogP contribution in [-0.2, 0) is 8.85 Å². The van der Waals surface area contributed by atoms with E-state index in [0.717, 1.165) is 15.9 Å². The first-order valence-electron chi connectivity index (χ1n) is 10.9. The van der Waals surface area contributed by atoms with Crippen LogP contribution in [0, 0.1) is 0 Å². The summed E-state index contributed by atoms with van der Waals surface area (Å²) in [4.78, 5) is 0. The molecule has 0 N–H and O–H groups in total. The molecule has 0 aliphatic carbocycles. The molecule has 0 bridgehead atoms. The van der Waals surface area contributed by atoms with E-state index in [0.29, 0.717) is 0 Å². The Morgan fingerprint density at radius 1 is 0.710 bits per heavy atom. The first-order chi connectivity index (χ1) is 14.9. The van der Waals surface area contributed by atoms with Gasteiger partial charge in [-0.1, -0.05) is 85.5 Å². The van der Waals surface area contributed by atoms with Crippen molar-refractivity contribution in [3.63, 3.8) is 0 Å². The van der Waals surface area contributed by atoms with Gasteiger partial charge in [-0.05, 0) is 66.1 Å². The van der Waals surface area contributed by atoms with Crippen LogP contribution < -0.4 is 10.4 Å². The van der Waals surface area contributed by atoms with Crippen LogP contribution in [0.3, 0.4) is 0 Å². The third kappa shape index (κ3) is 4.09. The van der Waals surface area contributed by atoms with Crippen molar-refractivity contribution in [2.75, 3.05) is 0 Å². The van der Waals surface area contributed by atoms with Crippen molar-refractivity contribution in [1.82, 2.24) is 0 Å². The molecule has 0 aliphatic rings. The fraction of sp³-hybridized carbons (Fsp3) is 0.214. The number of fused-ring (bicyclic) bond motifs is 3. The van der Waals surface area contributed by atoms with Gasteiger partial charge in [0.15, 0.2) is 0 Å². The van der Waals surface area contributed by atoms with Gasteiger partial charge in [-0.3, -0.25) is 0 Å². The molecule has 31 heavy (non-hydrogen) atoms. The summed E-state index contributed by atoms with van der Waals surface area (Å²) in [7, 11) is -3.03. The highest BCUT2D eigenvalue weighted by Crippen LogP contribution is 2.28. The van der Waals surface area contributed by atoms with Crippen LogP contribution in [0.15, 0.2) is 85.4 Å². The van der Waals surface area contributed by atoms with Crippen molar-refractivity contribution >= 4 is 46.6 Å².